The molecule has 90 valence electrons. The Kier molecular flexibility index (Phi) is 8.72. The lowest BCUT2D eigenvalue weighted by atomic mass is 10.2. The molecule has 5 heteroatoms. The molecule has 0 aromatic heterocycles. The maximum absolute atomic E-state index is 10.1. The summed E-state index contributed by atoms with van der Waals surface area (Å²) in [6, 6.07) is 6.22. The van der Waals surface area contributed by atoms with E-state index in [2.05, 4.69) is 18.4 Å². The summed E-state index contributed by atoms with van der Waals surface area (Å²) in [6.45, 7) is 4.44. The largest absolute Gasteiger partial charge is 0.695 e. The molecule has 0 radical (unpaired) electrons. The molecule has 1 rings (SSSR count). The van der Waals surface area contributed by atoms with E-state index in [-0.39, 0.29) is 12.4 Å². The van der Waals surface area contributed by atoms with Crippen LogP contribution in [0.4, 0.5) is 0 Å². The van der Waals surface area contributed by atoms with Crippen molar-refractivity contribution in [2.75, 3.05) is 0 Å². The molecule has 1 aromatic rings. The first-order chi connectivity index (χ1) is 7.60. The summed E-state index contributed by atoms with van der Waals surface area (Å²) in [5, 5.41) is 8.89. The summed E-state index contributed by atoms with van der Waals surface area (Å²) in [5.74, 6) is 0.159. The molecule has 0 saturated carbocycles. The number of rotatable bonds is 4. The molecule has 0 spiro atoms. The number of aromatic hydroxyl groups is 1. The summed E-state index contributed by atoms with van der Waals surface area (Å²) in [7, 11) is -2.54. The van der Waals surface area contributed by atoms with Crippen molar-refractivity contribution in [1.82, 2.24) is 0 Å². The van der Waals surface area contributed by atoms with E-state index in [1.807, 2.05) is 0 Å². The Morgan fingerprint density at radius 2 is 1.69 bits per heavy atom. The van der Waals surface area contributed by atoms with Gasteiger partial charge in [0.2, 0.25) is 0 Å². The van der Waals surface area contributed by atoms with Crippen LogP contribution in [0.15, 0.2) is 24.3 Å². The lowest BCUT2D eigenvalue weighted by molar-refractivity contribution is 0.272. The van der Waals surface area contributed by atoms with Crippen molar-refractivity contribution >= 4 is 8.25 Å². The van der Waals surface area contributed by atoms with Crippen LogP contribution in [0.2, 0.25) is 0 Å². The third-order valence-electron chi connectivity index (χ3n) is 1.78. The first-order valence-corrected chi connectivity index (χ1v) is 6.30. The summed E-state index contributed by atoms with van der Waals surface area (Å²) >= 11 is 0. The highest BCUT2D eigenvalue weighted by atomic mass is 31.1. The second-order valence-electron chi connectivity index (χ2n) is 3.18. The van der Waals surface area contributed by atoms with E-state index in [0.717, 1.165) is 5.56 Å². The minimum absolute atomic E-state index is 0.0754. The highest BCUT2D eigenvalue weighted by Crippen LogP contribution is 2.18. The molecule has 0 aliphatic carbocycles. The summed E-state index contributed by atoms with van der Waals surface area (Å²) in [4.78, 5) is 8.31. The van der Waals surface area contributed by atoms with E-state index >= 15 is 0 Å². The van der Waals surface area contributed by atoms with Gasteiger partial charge in [-0.05, 0) is 17.7 Å². The normalized spacial score (nSPS) is 10.3. The Bertz CT molecular complexity index is 295. The minimum Gasteiger partial charge on any atom is -0.508 e. The molecule has 0 aliphatic heterocycles. The molecule has 16 heavy (non-hydrogen) atoms. The smallest absolute Gasteiger partial charge is 0.508 e. The van der Waals surface area contributed by atoms with Crippen LogP contribution in [0.25, 0.3) is 0 Å². The highest BCUT2D eigenvalue weighted by molar-refractivity contribution is 7.32. The lowest BCUT2D eigenvalue weighted by Crippen LogP contribution is -1.83. The van der Waals surface area contributed by atoms with Gasteiger partial charge in [-0.2, -0.15) is 0 Å². The maximum Gasteiger partial charge on any atom is 0.695 e. The van der Waals surface area contributed by atoms with Crippen LogP contribution >= 0.6 is 8.25 Å². The number of unbranched alkanes of at least 4 members (excludes halogenated alkanes) is 1. The Labute approximate surface area is 96.8 Å². The average molecular weight is 245 g/mol. The summed E-state index contributed by atoms with van der Waals surface area (Å²) in [5.41, 5.74) is 0.741. The molecule has 1 atom stereocenters. The fourth-order valence-electron chi connectivity index (χ4n) is 0.722. The molecule has 0 aliphatic rings. The van der Waals surface area contributed by atoms with Gasteiger partial charge in [0.05, 0.1) is 0 Å². The predicted molar refractivity (Wildman–Crippen MR) is 63.3 cm³/mol. The molecule has 1 unspecified atom stereocenters. The van der Waals surface area contributed by atoms with Gasteiger partial charge >= 0.3 is 8.25 Å². The monoisotopic (exact) mass is 245 g/mol. The molecule has 4 nitrogen and oxygen atoms in total. The van der Waals surface area contributed by atoms with Gasteiger partial charge in [-0.1, -0.05) is 38.8 Å². The van der Waals surface area contributed by atoms with Crippen LogP contribution in [0.3, 0.4) is 0 Å². The molecule has 0 heterocycles. The van der Waals surface area contributed by atoms with Gasteiger partial charge in [-0.3, -0.25) is 0 Å². The van der Waals surface area contributed by atoms with E-state index in [4.69, 9.17) is 10.00 Å². The molecular weight excluding hydrogens is 227 g/mol. The van der Waals surface area contributed by atoms with Crippen LogP contribution in [-0.2, 0) is 15.7 Å². The number of phenolic OH excluding ortho intramolecular Hbond substituents is 1. The van der Waals surface area contributed by atoms with Crippen LogP contribution < -0.4 is 0 Å². The maximum atomic E-state index is 10.1. The SMILES string of the molecule is CCCC.O=[P+](O)OCc1ccc(O)cc1. The third-order valence-corrected chi connectivity index (χ3v) is 2.13. The molecular formula is C11H18O4P+. The first-order valence-electron chi connectivity index (χ1n) is 5.17. The highest BCUT2D eigenvalue weighted by Gasteiger charge is 2.11. The van der Waals surface area contributed by atoms with Crippen LogP contribution in [0.5, 0.6) is 5.75 Å². The van der Waals surface area contributed by atoms with E-state index < -0.39 is 8.25 Å². The molecule has 1 aromatic carbocycles. The van der Waals surface area contributed by atoms with Crippen molar-refractivity contribution in [2.45, 2.75) is 33.3 Å². The second-order valence-corrected chi connectivity index (χ2v) is 3.91. The zero-order valence-electron chi connectivity index (χ0n) is 9.59. The van der Waals surface area contributed by atoms with Gasteiger partial charge in [0.15, 0.2) is 0 Å². The van der Waals surface area contributed by atoms with Crippen LogP contribution in [0.1, 0.15) is 32.3 Å². The third kappa shape index (κ3) is 8.36. The molecule has 0 saturated heterocycles. The van der Waals surface area contributed by atoms with Gasteiger partial charge in [0.1, 0.15) is 12.4 Å². The van der Waals surface area contributed by atoms with Gasteiger partial charge < -0.3 is 5.11 Å². The Morgan fingerprint density at radius 1 is 1.19 bits per heavy atom. The molecule has 0 fully saturated rings. The zero-order chi connectivity index (χ0) is 12.4. The topological polar surface area (TPSA) is 66.8 Å². The Hall–Kier alpha value is -0.960. The lowest BCUT2D eigenvalue weighted by Gasteiger charge is -1.94. The van der Waals surface area contributed by atoms with E-state index in [0.29, 0.717) is 0 Å². The van der Waals surface area contributed by atoms with Crippen molar-refractivity contribution in [3.05, 3.63) is 29.8 Å². The van der Waals surface area contributed by atoms with Gasteiger partial charge in [0.25, 0.3) is 0 Å². The van der Waals surface area contributed by atoms with Crippen molar-refractivity contribution < 1.29 is 19.1 Å². The van der Waals surface area contributed by atoms with Gasteiger partial charge in [-0.15, -0.1) is 9.42 Å². The standard InChI is InChI=1S/C7H7O4P.C4H10/c8-7-3-1-6(2-4-7)5-11-12(9)10;1-3-4-2/h1-4H,5H2,(H-,8,9,10);3-4H2,1-2H3/p+1. The van der Waals surface area contributed by atoms with E-state index in [9.17, 15) is 4.57 Å². The summed E-state index contributed by atoms with van der Waals surface area (Å²) in [6.07, 6.45) is 2.64. The van der Waals surface area contributed by atoms with Crippen molar-refractivity contribution in [1.29, 1.82) is 0 Å². The van der Waals surface area contributed by atoms with Crippen LogP contribution in [-0.4, -0.2) is 10.00 Å². The van der Waals surface area contributed by atoms with Crippen LogP contribution in [0, 0.1) is 0 Å². The Balaban J connectivity index is 0.000000487. The number of hydrogen-bond acceptors (Lipinski definition) is 3. The fraction of sp³-hybridized carbons (Fsp3) is 0.455. The van der Waals surface area contributed by atoms with E-state index in [1.54, 1.807) is 12.1 Å². The fourth-order valence-corrected chi connectivity index (χ4v) is 0.981. The quantitative estimate of drug-likeness (QED) is 0.798. The average Bonchev–Trinajstić information content (AvgIpc) is 2.28. The first kappa shape index (κ1) is 15.0. The summed E-state index contributed by atoms with van der Waals surface area (Å²) < 4.78 is 14.6. The molecule has 0 amide bonds. The molecule has 2 N–H and O–H groups in total. The second kappa shape index (κ2) is 9.28. The Morgan fingerprint density at radius 3 is 2.06 bits per heavy atom. The van der Waals surface area contributed by atoms with Crippen molar-refractivity contribution in [2.24, 2.45) is 0 Å². The number of phenols is 1. The number of hydrogen-bond donors (Lipinski definition) is 2. The van der Waals surface area contributed by atoms with Gasteiger partial charge in [-0.25, -0.2) is 0 Å². The van der Waals surface area contributed by atoms with E-state index in [1.165, 1.54) is 25.0 Å². The molecule has 0 bridgehead atoms. The predicted octanol–water partition coefficient (Wildman–Crippen LogP) is 3.36. The zero-order valence-corrected chi connectivity index (χ0v) is 10.5. The minimum atomic E-state index is -2.54. The van der Waals surface area contributed by atoms with Gasteiger partial charge in [0, 0.05) is 4.57 Å². The number of benzene rings is 1. The van der Waals surface area contributed by atoms with Crippen molar-refractivity contribution in [3.63, 3.8) is 0 Å². The van der Waals surface area contributed by atoms with Crippen molar-refractivity contribution in [3.8, 4) is 5.75 Å².